The van der Waals surface area contributed by atoms with Crippen LogP contribution in [0.15, 0.2) is 53.4 Å². The molecule has 0 bridgehead atoms. The Morgan fingerprint density at radius 3 is 2.48 bits per heavy atom. The molecule has 1 N–H and O–H groups in total. The smallest absolute Gasteiger partial charge is 0.247 e. The van der Waals surface area contributed by atoms with Gasteiger partial charge in [0.2, 0.25) is 15.9 Å². The fourth-order valence-corrected chi connectivity index (χ4v) is 6.34. The largest absolute Gasteiger partial charge is 0.495 e. The first-order chi connectivity index (χ1) is 15.8. The molecule has 1 fully saturated rings. The average Bonchev–Trinajstić information content (AvgIpc) is 2.82. The summed E-state index contributed by atoms with van der Waals surface area (Å²) in [5, 5.41) is 3.01. The van der Waals surface area contributed by atoms with Crippen LogP contribution in [-0.4, -0.2) is 44.4 Å². The maximum absolute atomic E-state index is 13.8. The van der Waals surface area contributed by atoms with Crippen molar-refractivity contribution in [3.8, 4) is 5.75 Å². The zero-order chi connectivity index (χ0) is 23.8. The molecule has 2 aromatic carbocycles. The van der Waals surface area contributed by atoms with Gasteiger partial charge in [-0.25, -0.2) is 8.42 Å². The van der Waals surface area contributed by atoms with Gasteiger partial charge in [0.05, 0.1) is 13.7 Å². The summed E-state index contributed by atoms with van der Waals surface area (Å²) in [6.45, 7) is 3.63. The van der Waals surface area contributed by atoms with Crippen molar-refractivity contribution in [2.45, 2.75) is 75.8 Å². The van der Waals surface area contributed by atoms with Crippen LogP contribution in [0, 0.1) is 6.92 Å². The van der Waals surface area contributed by atoms with Crippen molar-refractivity contribution < 1.29 is 17.9 Å². The molecule has 0 saturated heterocycles. The van der Waals surface area contributed by atoms with Gasteiger partial charge < -0.3 is 10.1 Å². The minimum atomic E-state index is -3.90. The summed E-state index contributed by atoms with van der Waals surface area (Å²) in [7, 11) is -2.44. The second kappa shape index (κ2) is 11.7. The van der Waals surface area contributed by atoms with Crippen LogP contribution in [0.2, 0.25) is 0 Å². The predicted octanol–water partition coefficient (Wildman–Crippen LogP) is 4.46. The number of sulfonamides is 1. The predicted molar refractivity (Wildman–Crippen MR) is 131 cm³/mol. The number of carbonyl (C=O) groups excluding carboxylic acids is 1. The van der Waals surface area contributed by atoms with Gasteiger partial charge in [-0.05, 0) is 62.8 Å². The first-order valence-electron chi connectivity index (χ1n) is 11.8. The standard InChI is InChI=1S/C26H36N2O4S/c1-20-14-17-24(32-3)25(18-20)33(30,31)28(23-12-8-5-9-13-23)19-26(29)27-21(2)15-16-22-10-6-4-7-11-22/h4,6-7,10-11,14,17-18,21,23H,5,8-9,12-13,15-16,19H2,1-3H3,(H,27,29)/t21-/m0/s1. The molecule has 1 aliphatic carbocycles. The van der Waals surface area contributed by atoms with Crippen LogP contribution in [0.25, 0.3) is 0 Å². The van der Waals surface area contributed by atoms with Gasteiger partial charge in [0.25, 0.3) is 0 Å². The summed E-state index contributed by atoms with van der Waals surface area (Å²) >= 11 is 0. The lowest BCUT2D eigenvalue weighted by Crippen LogP contribution is -2.48. The van der Waals surface area contributed by atoms with E-state index in [-0.39, 0.29) is 29.4 Å². The first-order valence-corrected chi connectivity index (χ1v) is 13.2. The summed E-state index contributed by atoms with van der Waals surface area (Å²) in [4.78, 5) is 13.1. The maximum atomic E-state index is 13.8. The molecule has 0 radical (unpaired) electrons. The Morgan fingerprint density at radius 2 is 1.82 bits per heavy atom. The number of methoxy groups -OCH3 is 1. The lowest BCUT2D eigenvalue weighted by Gasteiger charge is -2.33. The van der Waals surface area contributed by atoms with Gasteiger partial charge in [-0.3, -0.25) is 4.79 Å². The highest BCUT2D eigenvalue weighted by Crippen LogP contribution is 2.32. The molecule has 3 rings (SSSR count). The number of nitrogens with zero attached hydrogens (tertiary/aromatic N) is 1. The number of hydrogen-bond acceptors (Lipinski definition) is 4. The molecule has 0 spiro atoms. The van der Waals surface area contributed by atoms with Crippen LogP contribution >= 0.6 is 0 Å². The molecule has 1 amide bonds. The summed E-state index contributed by atoms with van der Waals surface area (Å²) < 4.78 is 34.3. The van der Waals surface area contributed by atoms with Gasteiger partial charge in [-0.15, -0.1) is 0 Å². The number of aryl methyl sites for hydroxylation is 2. The molecular formula is C26H36N2O4S. The highest BCUT2D eigenvalue weighted by atomic mass is 32.2. The van der Waals surface area contributed by atoms with Crippen LogP contribution in [0.4, 0.5) is 0 Å². The van der Waals surface area contributed by atoms with Crippen LogP contribution < -0.4 is 10.1 Å². The normalized spacial score (nSPS) is 15.9. The molecule has 1 atom stereocenters. The molecule has 180 valence electrons. The van der Waals surface area contributed by atoms with Gasteiger partial charge >= 0.3 is 0 Å². The highest BCUT2D eigenvalue weighted by molar-refractivity contribution is 7.89. The fourth-order valence-electron chi connectivity index (χ4n) is 4.45. The Hall–Kier alpha value is -2.38. The van der Waals surface area contributed by atoms with Crippen molar-refractivity contribution in [2.24, 2.45) is 0 Å². The van der Waals surface area contributed by atoms with E-state index in [0.717, 1.165) is 50.5 Å². The molecule has 7 heteroatoms. The molecule has 1 saturated carbocycles. The van der Waals surface area contributed by atoms with Gasteiger partial charge in [0.15, 0.2) is 0 Å². The van der Waals surface area contributed by atoms with Gasteiger partial charge in [0, 0.05) is 12.1 Å². The van der Waals surface area contributed by atoms with Crippen molar-refractivity contribution in [2.75, 3.05) is 13.7 Å². The molecule has 0 aromatic heterocycles. The van der Waals surface area contributed by atoms with Crippen molar-refractivity contribution in [1.29, 1.82) is 0 Å². The Labute approximate surface area is 198 Å². The number of hydrogen-bond donors (Lipinski definition) is 1. The average molecular weight is 473 g/mol. The Kier molecular flexibility index (Phi) is 8.92. The SMILES string of the molecule is COc1ccc(C)cc1S(=O)(=O)N(CC(=O)N[C@@H](C)CCc1ccccc1)C1CCCCC1. The molecular weight excluding hydrogens is 436 g/mol. The number of nitrogens with one attached hydrogen (secondary N) is 1. The minimum absolute atomic E-state index is 0.0536. The summed E-state index contributed by atoms with van der Waals surface area (Å²) in [6.07, 6.45) is 6.22. The van der Waals surface area contributed by atoms with E-state index in [1.165, 1.54) is 17.0 Å². The lowest BCUT2D eigenvalue weighted by atomic mass is 9.95. The van der Waals surface area contributed by atoms with E-state index in [4.69, 9.17) is 4.74 Å². The van der Waals surface area contributed by atoms with E-state index in [1.54, 1.807) is 12.1 Å². The third-order valence-electron chi connectivity index (χ3n) is 6.30. The molecule has 1 aliphatic rings. The summed E-state index contributed by atoms with van der Waals surface area (Å²) in [5.74, 6) is 0.0365. The zero-order valence-electron chi connectivity index (χ0n) is 19.9. The van der Waals surface area contributed by atoms with E-state index in [0.29, 0.717) is 5.75 Å². The molecule has 2 aromatic rings. The van der Waals surface area contributed by atoms with Crippen LogP contribution in [0.5, 0.6) is 5.75 Å². The molecule has 0 heterocycles. The second-order valence-electron chi connectivity index (χ2n) is 8.99. The molecule has 0 unspecified atom stereocenters. The summed E-state index contributed by atoms with van der Waals surface area (Å²) in [5.41, 5.74) is 2.05. The van der Waals surface area contributed by atoms with E-state index < -0.39 is 10.0 Å². The number of amides is 1. The maximum Gasteiger partial charge on any atom is 0.247 e. The fraction of sp³-hybridized carbons (Fsp3) is 0.500. The second-order valence-corrected chi connectivity index (χ2v) is 10.8. The zero-order valence-corrected chi connectivity index (χ0v) is 20.7. The van der Waals surface area contributed by atoms with E-state index >= 15 is 0 Å². The first kappa shape index (κ1) is 25.2. The van der Waals surface area contributed by atoms with Crippen LogP contribution in [0.3, 0.4) is 0 Å². The molecule has 0 aliphatic heterocycles. The topological polar surface area (TPSA) is 75.7 Å². The highest BCUT2D eigenvalue weighted by Gasteiger charge is 2.36. The number of rotatable bonds is 10. The quantitative estimate of drug-likeness (QED) is 0.554. The van der Waals surface area contributed by atoms with Gasteiger partial charge in [-0.1, -0.05) is 55.7 Å². The third kappa shape index (κ3) is 6.81. The van der Waals surface area contributed by atoms with Gasteiger partial charge in [-0.2, -0.15) is 4.31 Å². The van der Waals surface area contributed by atoms with Gasteiger partial charge in [0.1, 0.15) is 10.6 Å². The third-order valence-corrected chi connectivity index (χ3v) is 8.22. The minimum Gasteiger partial charge on any atom is -0.495 e. The van der Waals surface area contributed by atoms with Crippen molar-refractivity contribution in [3.05, 3.63) is 59.7 Å². The van der Waals surface area contributed by atoms with E-state index in [1.807, 2.05) is 38.1 Å². The molecule has 6 nitrogen and oxygen atoms in total. The van der Waals surface area contributed by atoms with Crippen molar-refractivity contribution in [3.63, 3.8) is 0 Å². The van der Waals surface area contributed by atoms with Crippen LogP contribution in [-0.2, 0) is 21.2 Å². The van der Waals surface area contributed by atoms with E-state index in [9.17, 15) is 13.2 Å². The Bertz CT molecular complexity index is 1020. The van der Waals surface area contributed by atoms with E-state index in [2.05, 4.69) is 17.4 Å². The molecule has 33 heavy (non-hydrogen) atoms. The Morgan fingerprint density at radius 1 is 1.12 bits per heavy atom. The van der Waals surface area contributed by atoms with Crippen molar-refractivity contribution >= 4 is 15.9 Å². The lowest BCUT2D eigenvalue weighted by molar-refractivity contribution is -0.122. The number of ether oxygens (including phenoxy) is 1. The number of carbonyl (C=O) groups is 1. The summed E-state index contributed by atoms with van der Waals surface area (Å²) in [6, 6.07) is 15.0. The van der Waals surface area contributed by atoms with Crippen molar-refractivity contribution in [1.82, 2.24) is 9.62 Å². The number of benzene rings is 2. The monoisotopic (exact) mass is 472 g/mol. The van der Waals surface area contributed by atoms with Crippen LogP contribution in [0.1, 0.15) is 56.6 Å². The Balaban J connectivity index is 1.75.